The van der Waals surface area contributed by atoms with Gasteiger partial charge in [0.25, 0.3) is 0 Å². The van der Waals surface area contributed by atoms with Crippen molar-refractivity contribution in [2.75, 3.05) is 37.2 Å². The van der Waals surface area contributed by atoms with Gasteiger partial charge in [-0.3, -0.25) is 0 Å². The molecule has 10 heteroatoms. The van der Waals surface area contributed by atoms with Crippen molar-refractivity contribution in [3.05, 3.63) is 12.3 Å². The van der Waals surface area contributed by atoms with Crippen LogP contribution in [0.4, 0.5) is 15.4 Å². The van der Waals surface area contributed by atoms with Crippen molar-refractivity contribution in [2.45, 2.75) is 26.4 Å². The summed E-state index contributed by atoms with van der Waals surface area (Å²) >= 11 is -1.25. The maximum absolute atomic E-state index is 12.4. The molecule has 1 aliphatic heterocycles. The Kier molecular flexibility index (Phi) is 5.60. The van der Waals surface area contributed by atoms with Gasteiger partial charge in [0.05, 0.1) is 11.4 Å². The average Bonchev–Trinajstić information content (AvgIpc) is 2.92. The van der Waals surface area contributed by atoms with E-state index in [-0.39, 0.29) is 12.1 Å². The summed E-state index contributed by atoms with van der Waals surface area (Å²) in [6.07, 6.45) is 2.62. The predicted octanol–water partition coefficient (Wildman–Crippen LogP) is 1.11. The van der Waals surface area contributed by atoms with Crippen molar-refractivity contribution in [2.24, 2.45) is 0 Å². The fourth-order valence-electron chi connectivity index (χ4n) is 2.18. The van der Waals surface area contributed by atoms with Crippen LogP contribution in [0.25, 0.3) is 0 Å². The van der Waals surface area contributed by atoms with E-state index < -0.39 is 17.0 Å². The molecule has 1 aromatic rings. The van der Waals surface area contributed by atoms with E-state index in [0.717, 1.165) is 0 Å². The highest BCUT2D eigenvalue weighted by Crippen LogP contribution is 2.13. The normalized spacial score (nSPS) is 16.7. The maximum Gasteiger partial charge on any atom is 0.410 e. The first kappa shape index (κ1) is 18.4. The second kappa shape index (κ2) is 7.31. The largest absolute Gasteiger partial charge is 0.593 e. The van der Waals surface area contributed by atoms with Crippen LogP contribution in [-0.2, 0) is 16.1 Å². The Labute approximate surface area is 144 Å². The molecule has 24 heavy (non-hydrogen) atoms. The van der Waals surface area contributed by atoms with Crippen LogP contribution in [0.1, 0.15) is 20.8 Å². The summed E-state index contributed by atoms with van der Waals surface area (Å²) in [4.78, 5) is 27.6. The first-order valence-corrected chi connectivity index (χ1v) is 9.14. The lowest BCUT2D eigenvalue weighted by Crippen LogP contribution is -2.52. The first-order valence-electron chi connectivity index (χ1n) is 7.59. The molecule has 1 N–H and O–H groups in total. The highest BCUT2D eigenvalue weighted by molar-refractivity contribution is 7.92. The Morgan fingerprint density at radius 1 is 1.25 bits per heavy atom. The summed E-state index contributed by atoms with van der Waals surface area (Å²) in [6, 6.07) is 1.30. The van der Waals surface area contributed by atoms with E-state index in [0.29, 0.717) is 32.0 Å². The third kappa shape index (κ3) is 5.03. The Morgan fingerprint density at radius 3 is 2.38 bits per heavy atom. The molecule has 0 bridgehead atoms. The molecule has 1 unspecified atom stereocenters. The fraction of sp³-hybridized carbons (Fsp3) is 0.643. The number of nitrogens with zero attached hydrogens (tertiary/aromatic N) is 4. The smallest absolute Gasteiger partial charge is 0.410 e. The highest BCUT2D eigenvalue weighted by Gasteiger charge is 2.28. The molecule has 9 nitrogen and oxygen atoms in total. The van der Waals surface area contributed by atoms with Crippen molar-refractivity contribution in [1.29, 1.82) is 0 Å². The molecule has 2 rings (SSSR count). The molecule has 0 aliphatic carbocycles. The Balaban J connectivity index is 1.88. The van der Waals surface area contributed by atoms with Crippen LogP contribution in [-0.4, -0.2) is 74.3 Å². The molecule has 0 aromatic carbocycles. The van der Waals surface area contributed by atoms with E-state index in [9.17, 15) is 14.1 Å². The minimum Gasteiger partial charge on any atom is -0.593 e. The number of anilines is 1. The number of ether oxygens (including phenoxy) is 1. The van der Waals surface area contributed by atoms with Gasteiger partial charge < -0.3 is 19.1 Å². The standard InChI is InChI=1S/C14H23N5O4S/c1-14(2,3)23-13(21)18-9-7-17(8-10-18)12(20)19-6-5-11(15-19)16-24(4)22/h5-6H,7-10H2,1-4H3,(H,15,16). The summed E-state index contributed by atoms with van der Waals surface area (Å²) in [5, 5.41) is 4.04. The number of rotatable bonds is 2. The quantitative estimate of drug-likeness (QED) is 0.796. The molecule has 0 radical (unpaired) electrons. The van der Waals surface area contributed by atoms with E-state index in [1.165, 1.54) is 17.1 Å². The molecular formula is C14H23N5O4S. The number of carbonyl (C=O) groups excluding carboxylic acids is 2. The molecule has 1 aromatic heterocycles. The summed E-state index contributed by atoms with van der Waals surface area (Å²) < 4.78 is 20.2. The van der Waals surface area contributed by atoms with Crippen LogP contribution in [0, 0.1) is 0 Å². The minimum atomic E-state index is -1.25. The number of carbonyl (C=O) groups is 2. The van der Waals surface area contributed by atoms with Gasteiger partial charge in [-0.15, -0.1) is 5.10 Å². The molecule has 2 amide bonds. The molecule has 1 saturated heterocycles. The first-order chi connectivity index (χ1) is 11.2. The minimum absolute atomic E-state index is 0.284. The molecular weight excluding hydrogens is 334 g/mol. The lowest BCUT2D eigenvalue weighted by Gasteiger charge is -2.35. The van der Waals surface area contributed by atoms with Crippen molar-refractivity contribution >= 4 is 29.3 Å². The van der Waals surface area contributed by atoms with Gasteiger partial charge in [-0.05, 0) is 20.8 Å². The number of hydrogen-bond donors (Lipinski definition) is 1. The van der Waals surface area contributed by atoms with E-state index in [1.54, 1.807) is 15.9 Å². The van der Waals surface area contributed by atoms with Crippen LogP contribution in [0.15, 0.2) is 12.3 Å². The summed E-state index contributed by atoms with van der Waals surface area (Å²) in [7, 11) is 0. The van der Waals surface area contributed by atoms with Crippen LogP contribution in [0.5, 0.6) is 0 Å². The van der Waals surface area contributed by atoms with Gasteiger partial charge in [-0.1, -0.05) is 0 Å². The lowest BCUT2D eigenvalue weighted by molar-refractivity contribution is 0.0169. The van der Waals surface area contributed by atoms with Crippen LogP contribution in [0.3, 0.4) is 0 Å². The number of hydrogen-bond acceptors (Lipinski definition) is 6. The van der Waals surface area contributed by atoms with Crippen LogP contribution < -0.4 is 4.72 Å². The van der Waals surface area contributed by atoms with E-state index in [1.807, 2.05) is 20.8 Å². The van der Waals surface area contributed by atoms with Gasteiger partial charge in [0.15, 0.2) is 5.82 Å². The van der Waals surface area contributed by atoms with Crippen molar-refractivity contribution in [3.63, 3.8) is 0 Å². The molecule has 1 aliphatic rings. The molecule has 1 fully saturated rings. The topological polar surface area (TPSA) is 103 Å². The molecule has 2 heterocycles. The number of nitrogens with one attached hydrogen (secondary N) is 1. The zero-order valence-corrected chi connectivity index (χ0v) is 15.1. The molecule has 0 saturated carbocycles. The van der Waals surface area contributed by atoms with Crippen molar-refractivity contribution < 1.29 is 18.9 Å². The van der Waals surface area contributed by atoms with Crippen molar-refractivity contribution in [1.82, 2.24) is 19.6 Å². The van der Waals surface area contributed by atoms with Crippen LogP contribution in [0.2, 0.25) is 0 Å². The van der Waals surface area contributed by atoms with Gasteiger partial charge in [0, 0.05) is 38.4 Å². The summed E-state index contributed by atoms with van der Waals surface area (Å²) in [5.41, 5.74) is -0.540. The van der Waals surface area contributed by atoms with E-state index >= 15 is 0 Å². The van der Waals surface area contributed by atoms with Gasteiger partial charge in [-0.25, -0.2) is 9.59 Å². The highest BCUT2D eigenvalue weighted by atomic mass is 32.2. The SMILES string of the molecule is C[S+]([O-])Nc1ccn(C(=O)N2CCN(C(=O)OC(C)(C)C)CC2)n1. The molecule has 134 valence electrons. The second-order valence-electron chi connectivity index (χ2n) is 6.44. The monoisotopic (exact) mass is 357 g/mol. The maximum atomic E-state index is 12.4. The van der Waals surface area contributed by atoms with E-state index in [2.05, 4.69) is 9.82 Å². The third-order valence-electron chi connectivity index (χ3n) is 3.24. The zero-order chi connectivity index (χ0) is 17.9. The zero-order valence-electron chi connectivity index (χ0n) is 14.3. The van der Waals surface area contributed by atoms with Gasteiger partial charge >= 0.3 is 12.1 Å². The predicted molar refractivity (Wildman–Crippen MR) is 90.1 cm³/mol. The van der Waals surface area contributed by atoms with Crippen molar-refractivity contribution in [3.8, 4) is 0 Å². The van der Waals surface area contributed by atoms with Gasteiger partial charge in [0.2, 0.25) is 0 Å². The third-order valence-corrected chi connectivity index (χ3v) is 3.73. The molecule has 0 spiro atoms. The fourth-order valence-corrected chi connectivity index (χ4v) is 2.59. The van der Waals surface area contributed by atoms with Gasteiger partial charge in [-0.2, -0.15) is 9.40 Å². The number of aromatic nitrogens is 2. The lowest BCUT2D eigenvalue weighted by atomic mass is 10.2. The molecule has 1 atom stereocenters. The number of piperazine rings is 1. The van der Waals surface area contributed by atoms with Gasteiger partial charge in [0.1, 0.15) is 11.9 Å². The summed E-state index contributed by atoms with van der Waals surface area (Å²) in [5.74, 6) is 0.372. The second-order valence-corrected chi connectivity index (χ2v) is 7.55. The van der Waals surface area contributed by atoms with Crippen LogP contribution >= 0.6 is 0 Å². The average molecular weight is 357 g/mol. The Hall–Kier alpha value is -1.94. The van der Waals surface area contributed by atoms with E-state index in [4.69, 9.17) is 4.74 Å². The Morgan fingerprint density at radius 2 is 1.83 bits per heavy atom. The Bertz CT molecular complexity index is 590. The number of amides is 2. The summed E-state index contributed by atoms with van der Waals surface area (Å²) in [6.45, 7) is 7.07.